The van der Waals surface area contributed by atoms with Gasteiger partial charge in [0, 0.05) is 19.3 Å². The molecule has 0 saturated heterocycles. The Morgan fingerprint density at radius 2 is 0.707 bits per heavy atom. The van der Waals surface area contributed by atoms with Gasteiger partial charge in [-0.05, 0) is 89.9 Å². The summed E-state index contributed by atoms with van der Waals surface area (Å²) in [6, 6.07) is 0. The predicted molar refractivity (Wildman–Crippen MR) is 247 cm³/mol. The Labute approximate surface area is 355 Å². The van der Waals surface area contributed by atoms with Crippen LogP contribution in [-0.2, 0) is 28.6 Å². The van der Waals surface area contributed by atoms with E-state index in [1.807, 2.05) is 12.2 Å². The SMILES string of the molecule is CC/C=C\C/C=C\C/C=C\C/C=C\C/C=C\C/C=C\CCC(=O)OCC(COC(=O)CCCCCCCC)OC(=O)CCCCCCC/C=C\C/C=C\C/C=C\CC. The lowest BCUT2D eigenvalue weighted by molar-refractivity contribution is -0.166. The average Bonchev–Trinajstić information content (AvgIpc) is 3.22. The van der Waals surface area contributed by atoms with E-state index in [1.54, 1.807) is 0 Å². The molecule has 0 aliphatic rings. The van der Waals surface area contributed by atoms with Crippen molar-refractivity contribution in [3.05, 3.63) is 109 Å². The van der Waals surface area contributed by atoms with E-state index >= 15 is 0 Å². The fraction of sp³-hybridized carbons (Fsp3) is 0.596. The molecule has 0 bridgehead atoms. The monoisotopic (exact) mass is 803 g/mol. The van der Waals surface area contributed by atoms with E-state index in [1.165, 1.54) is 19.3 Å². The van der Waals surface area contributed by atoms with Crippen molar-refractivity contribution < 1.29 is 28.6 Å². The van der Waals surface area contributed by atoms with Crippen molar-refractivity contribution in [1.82, 2.24) is 0 Å². The third kappa shape index (κ3) is 43.2. The topological polar surface area (TPSA) is 78.9 Å². The molecule has 0 aliphatic heterocycles. The van der Waals surface area contributed by atoms with E-state index in [0.717, 1.165) is 116 Å². The molecular weight excluding hydrogens is 721 g/mol. The smallest absolute Gasteiger partial charge is 0.306 e. The van der Waals surface area contributed by atoms with Crippen LogP contribution in [0.3, 0.4) is 0 Å². The van der Waals surface area contributed by atoms with Crippen molar-refractivity contribution in [3.8, 4) is 0 Å². The van der Waals surface area contributed by atoms with E-state index in [2.05, 4.69) is 118 Å². The average molecular weight is 803 g/mol. The molecule has 0 spiro atoms. The minimum atomic E-state index is -0.815. The van der Waals surface area contributed by atoms with Crippen molar-refractivity contribution >= 4 is 17.9 Å². The Morgan fingerprint density at radius 3 is 1.16 bits per heavy atom. The van der Waals surface area contributed by atoms with Crippen LogP contribution < -0.4 is 0 Å². The highest BCUT2D eigenvalue weighted by molar-refractivity contribution is 5.71. The highest BCUT2D eigenvalue weighted by Gasteiger charge is 2.19. The van der Waals surface area contributed by atoms with Crippen molar-refractivity contribution in [2.75, 3.05) is 13.2 Å². The zero-order valence-electron chi connectivity index (χ0n) is 37.0. The lowest BCUT2D eigenvalue weighted by atomic mass is 10.1. The zero-order valence-corrected chi connectivity index (χ0v) is 37.0. The van der Waals surface area contributed by atoms with Crippen LogP contribution in [-0.4, -0.2) is 37.2 Å². The Bertz CT molecular complexity index is 1240. The minimum Gasteiger partial charge on any atom is -0.462 e. The summed E-state index contributed by atoms with van der Waals surface area (Å²) in [6.45, 7) is 6.24. The van der Waals surface area contributed by atoms with Crippen molar-refractivity contribution in [2.24, 2.45) is 0 Å². The van der Waals surface area contributed by atoms with Gasteiger partial charge < -0.3 is 14.2 Å². The molecule has 0 rings (SSSR count). The van der Waals surface area contributed by atoms with Crippen molar-refractivity contribution in [1.29, 1.82) is 0 Å². The maximum atomic E-state index is 12.7. The molecule has 58 heavy (non-hydrogen) atoms. The summed E-state index contributed by atoms with van der Waals surface area (Å²) in [4.78, 5) is 37.6. The van der Waals surface area contributed by atoms with Crippen molar-refractivity contribution in [3.63, 3.8) is 0 Å². The van der Waals surface area contributed by atoms with Crippen molar-refractivity contribution in [2.45, 2.75) is 187 Å². The van der Waals surface area contributed by atoms with Crippen LogP contribution in [0.25, 0.3) is 0 Å². The van der Waals surface area contributed by atoms with Gasteiger partial charge >= 0.3 is 17.9 Å². The summed E-state index contributed by atoms with van der Waals surface area (Å²) in [5.41, 5.74) is 0. The quantitative estimate of drug-likeness (QED) is 0.0267. The number of unbranched alkanes of at least 4 members (excludes halogenated alkanes) is 10. The normalized spacial score (nSPS) is 13.1. The van der Waals surface area contributed by atoms with E-state index in [-0.39, 0.29) is 37.5 Å². The molecule has 0 amide bonds. The number of hydrogen-bond acceptors (Lipinski definition) is 6. The molecule has 0 aliphatic carbocycles. The van der Waals surface area contributed by atoms with Crippen LogP contribution in [0.2, 0.25) is 0 Å². The van der Waals surface area contributed by atoms with Crippen LogP contribution >= 0.6 is 0 Å². The molecule has 1 atom stereocenters. The van der Waals surface area contributed by atoms with Gasteiger partial charge in [0.2, 0.25) is 0 Å². The summed E-state index contributed by atoms with van der Waals surface area (Å²) in [5, 5.41) is 0. The molecule has 0 aromatic heterocycles. The molecule has 6 heteroatoms. The number of allylic oxidation sites excluding steroid dienone is 18. The highest BCUT2D eigenvalue weighted by Crippen LogP contribution is 2.11. The summed E-state index contributed by atoms with van der Waals surface area (Å²) in [6.07, 6.45) is 61.0. The maximum absolute atomic E-state index is 12.7. The Kier molecular flexibility index (Phi) is 42.7. The van der Waals surface area contributed by atoms with Gasteiger partial charge in [0.15, 0.2) is 6.10 Å². The van der Waals surface area contributed by atoms with Gasteiger partial charge in [-0.1, -0.05) is 182 Å². The second-order valence-electron chi connectivity index (χ2n) is 14.5. The van der Waals surface area contributed by atoms with E-state index < -0.39 is 6.10 Å². The van der Waals surface area contributed by atoms with Gasteiger partial charge in [-0.25, -0.2) is 0 Å². The first-order valence-electron chi connectivity index (χ1n) is 22.9. The maximum Gasteiger partial charge on any atom is 0.306 e. The predicted octanol–water partition coefficient (Wildman–Crippen LogP) is 14.8. The lowest BCUT2D eigenvalue weighted by Gasteiger charge is -2.18. The summed E-state index contributed by atoms with van der Waals surface area (Å²) in [5.74, 6) is -1.04. The number of carbonyl (C=O) groups excluding carboxylic acids is 3. The summed E-state index contributed by atoms with van der Waals surface area (Å²) in [7, 11) is 0. The number of esters is 3. The Morgan fingerprint density at radius 1 is 0.362 bits per heavy atom. The van der Waals surface area contributed by atoms with Crippen LogP contribution in [0.5, 0.6) is 0 Å². The molecule has 0 aromatic carbocycles. The Hall–Kier alpha value is -3.93. The molecular formula is C52H82O6. The van der Waals surface area contributed by atoms with Gasteiger partial charge in [0.25, 0.3) is 0 Å². The zero-order chi connectivity index (χ0) is 42.3. The standard InChI is InChI=1S/C52H82O6/c1-4-7-10-13-16-18-20-22-24-25-26-27-29-30-32-34-36-39-42-45-51(54)57-48-49(47-56-50(53)44-41-38-15-12-9-6-3)58-52(55)46-43-40-37-35-33-31-28-23-21-19-17-14-11-8-5-2/h7-8,10-11,16-19,22-24,26-28,30,32,36,39,49H,4-6,9,12-15,20-21,25,29,31,33-35,37-38,40-48H2,1-3H3/b10-7-,11-8-,18-16-,19-17-,24-22-,27-26-,28-23-,32-30-,39-36-. The van der Waals surface area contributed by atoms with Gasteiger partial charge in [-0.2, -0.15) is 0 Å². The van der Waals surface area contributed by atoms with Crippen LogP contribution in [0.4, 0.5) is 0 Å². The lowest BCUT2D eigenvalue weighted by Crippen LogP contribution is -2.30. The number of rotatable bonds is 39. The third-order valence-corrected chi connectivity index (χ3v) is 9.04. The highest BCUT2D eigenvalue weighted by atomic mass is 16.6. The summed E-state index contributed by atoms with van der Waals surface area (Å²) >= 11 is 0. The summed E-state index contributed by atoms with van der Waals surface area (Å²) < 4.78 is 16.5. The molecule has 1 unspecified atom stereocenters. The van der Waals surface area contributed by atoms with Gasteiger partial charge in [-0.15, -0.1) is 0 Å². The molecule has 0 radical (unpaired) electrons. The second kappa shape index (κ2) is 45.8. The minimum absolute atomic E-state index is 0.111. The molecule has 0 aromatic rings. The fourth-order valence-corrected chi connectivity index (χ4v) is 5.66. The Balaban J connectivity index is 4.44. The molecule has 6 nitrogen and oxygen atoms in total. The third-order valence-electron chi connectivity index (χ3n) is 9.04. The number of ether oxygens (including phenoxy) is 3. The first-order valence-corrected chi connectivity index (χ1v) is 22.9. The molecule has 0 N–H and O–H groups in total. The van der Waals surface area contributed by atoms with Crippen LogP contribution in [0.15, 0.2) is 109 Å². The fourth-order valence-electron chi connectivity index (χ4n) is 5.66. The first-order chi connectivity index (χ1) is 28.5. The number of hydrogen-bond donors (Lipinski definition) is 0. The molecule has 0 saturated carbocycles. The van der Waals surface area contributed by atoms with Crippen LogP contribution in [0.1, 0.15) is 181 Å². The van der Waals surface area contributed by atoms with Gasteiger partial charge in [0.05, 0.1) is 0 Å². The molecule has 326 valence electrons. The van der Waals surface area contributed by atoms with Gasteiger partial charge in [0.1, 0.15) is 13.2 Å². The van der Waals surface area contributed by atoms with E-state index in [4.69, 9.17) is 14.2 Å². The van der Waals surface area contributed by atoms with Crippen LogP contribution in [0, 0.1) is 0 Å². The first kappa shape index (κ1) is 54.1. The molecule has 0 fully saturated rings. The van der Waals surface area contributed by atoms with E-state index in [0.29, 0.717) is 19.3 Å². The van der Waals surface area contributed by atoms with E-state index in [9.17, 15) is 14.4 Å². The van der Waals surface area contributed by atoms with Gasteiger partial charge in [-0.3, -0.25) is 14.4 Å². The largest absolute Gasteiger partial charge is 0.462 e. The second-order valence-corrected chi connectivity index (χ2v) is 14.5. The molecule has 0 heterocycles. The number of carbonyl (C=O) groups is 3.